The van der Waals surface area contributed by atoms with E-state index in [9.17, 15) is 8.42 Å². The second kappa shape index (κ2) is 5.47. The van der Waals surface area contributed by atoms with Gasteiger partial charge in [-0.3, -0.25) is 4.72 Å². The van der Waals surface area contributed by atoms with Gasteiger partial charge in [0.2, 0.25) is 10.0 Å². The number of hydrogen-bond donors (Lipinski definition) is 1. The fourth-order valence-electron chi connectivity index (χ4n) is 1.67. The third-order valence-electron chi connectivity index (χ3n) is 2.49. The van der Waals surface area contributed by atoms with E-state index in [1.54, 1.807) is 17.4 Å². The van der Waals surface area contributed by atoms with Gasteiger partial charge in [-0.2, -0.15) is 0 Å². The quantitative estimate of drug-likeness (QED) is 0.859. The van der Waals surface area contributed by atoms with Crippen LogP contribution in [0.3, 0.4) is 0 Å². The van der Waals surface area contributed by atoms with Crippen molar-refractivity contribution in [3.63, 3.8) is 0 Å². The molecule has 0 saturated carbocycles. The van der Waals surface area contributed by atoms with Gasteiger partial charge in [0.05, 0.1) is 5.75 Å². The molecule has 0 aliphatic carbocycles. The van der Waals surface area contributed by atoms with Crippen LogP contribution in [-0.4, -0.2) is 20.1 Å². The first-order chi connectivity index (χ1) is 8.50. The predicted molar refractivity (Wildman–Crippen MR) is 79.1 cm³/mol. The number of fused-ring (bicyclic) bond motifs is 1. The highest BCUT2D eigenvalue weighted by Crippen LogP contribution is 2.24. The van der Waals surface area contributed by atoms with Gasteiger partial charge in [0.15, 0.2) is 0 Å². The van der Waals surface area contributed by atoms with Crippen molar-refractivity contribution in [2.75, 3.05) is 16.4 Å². The van der Waals surface area contributed by atoms with Gasteiger partial charge in [0.1, 0.15) is 0 Å². The van der Waals surface area contributed by atoms with Crippen LogP contribution in [0.2, 0.25) is 0 Å². The lowest BCUT2D eigenvalue weighted by molar-refractivity contribution is 0.588. The molecule has 1 unspecified atom stereocenters. The van der Waals surface area contributed by atoms with Crippen LogP contribution in [0.1, 0.15) is 6.92 Å². The monoisotopic (exact) mass is 303 g/mol. The zero-order valence-corrected chi connectivity index (χ0v) is 12.3. The molecule has 0 bridgehead atoms. The van der Waals surface area contributed by atoms with Crippen molar-refractivity contribution in [1.29, 1.82) is 0 Å². The maximum absolute atomic E-state index is 11.9. The van der Waals surface area contributed by atoms with E-state index in [1.165, 1.54) is 0 Å². The number of thiophene rings is 1. The van der Waals surface area contributed by atoms with Crippen molar-refractivity contribution in [2.45, 2.75) is 6.92 Å². The summed E-state index contributed by atoms with van der Waals surface area (Å²) in [7, 11) is -3.33. The molecule has 1 N–H and O–H groups in total. The lowest BCUT2D eigenvalue weighted by Gasteiger charge is -2.11. The van der Waals surface area contributed by atoms with E-state index in [2.05, 4.69) is 4.72 Å². The minimum Gasteiger partial charge on any atom is -0.284 e. The molecule has 2 aromatic rings. The number of anilines is 1. The van der Waals surface area contributed by atoms with E-state index < -0.39 is 10.0 Å². The molecule has 0 aliphatic rings. The molecular weight excluding hydrogens is 290 g/mol. The van der Waals surface area contributed by atoms with Crippen LogP contribution in [-0.2, 0) is 10.0 Å². The van der Waals surface area contributed by atoms with E-state index in [1.807, 2.05) is 30.5 Å². The molecular formula is C12H14ClNO2S2. The highest BCUT2D eigenvalue weighted by atomic mass is 35.5. The van der Waals surface area contributed by atoms with Crippen LogP contribution in [0.5, 0.6) is 0 Å². The standard InChI is InChI=1S/C12H14ClNO2S2/c1-9(7-13)8-18(15,16)14-11-2-3-12-10(6-11)4-5-17-12/h2-6,9,14H,7-8H2,1H3. The molecule has 0 spiro atoms. The summed E-state index contributed by atoms with van der Waals surface area (Å²) in [5.41, 5.74) is 0.600. The molecule has 3 nitrogen and oxygen atoms in total. The Morgan fingerprint density at radius 3 is 2.89 bits per heavy atom. The zero-order valence-electron chi connectivity index (χ0n) is 9.89. The summed E-state index contributed by atoms with van der Waals surface area (Å²) in [5.74, 6) is 0.317. The average molecular weight is 304 g/mol. The van der Waals surface area contributed by atoms with Crippen LogP contribution in [0, 0.1) is 5.92 Å². The van der Waals surface area contributed by atoms with Crippen molar-refractivity contribution in [2.24, 2.45) is 5.92 Å². The maximum Gasteiger partial charge on any atom is 0.233 e. The van der Waals surface area contributed by atoms with Crippen LogP contribution >= 0.6 is 22.9 Å². The Morgan fingerprint density at radius 2 is 2.17 bits per heavy atom. The van der Waals surface area contributed by atoms with Crippen LogP contribution in [0.15, 0.2) is 29.6 Å². The van der Waals surface area contributed by atoms with Crippen molar-refractivity contribution in [3.8, 4) is 0 Å². The summed E-state index contributed by atoms with van der Waals surface area (Å²) in [6, 6.07) is 7.51. The first kappa shape index (κ1) is 13.6. The number of sulfonamides is 1. The number of halogens is 1. The second-order valence-electron chi connectivity index (χ2n) is 4.32. The summed E-state index contributed by atoms with van der Waals surface area (Å²) in [5, 5.41) is 3.03. The summed E-state index contributed by atoms with van der Waals surface area (Å²) >= 11 is 7.27. The summed E-state index contributed by atoms with van der Waals surface area (Å²) in [6.45, 7) is 1.81. The predicted octanol–water partition coefficient (Wildman–Crippen LogP) is 3.52. The molecule has 1 atom stereocenters. The molecule has 98 valence electrons. The van der Waals surface area contributed by atoms with Crippen LogP contribution < -0.4 is 4.72 Å². The highest BCUT2D eigenvalue weighted by Gasteiger charge is 2.15. The normalized spacial score (nSPS) is 13.7. The summed E-state index contributed by atoms with van der Waals surface area (Å²) in [4.78, 5) is 0. The molecule has 18 heavy (non-hydrogen) atoms. The van der Waals surface area contributed by atoms with Gasteiger partial charge >= 0.3 is 0 Å². The minimum absolute atomic E-state index is 0.0399. The van der Waals surface area contributed by atoms with Gasteiger partial charge in [0, 0.05) is 16.3 Å². The molecule has 0 amide bonds. The SMILES string of the molecule is CC(CCl)CS(=O)(=O)Nc1ccc2sccc2c1. The van der Waals surface area contributed by atoms with Crippen molar-refractivity contribution in [3.05, 3.63) is 29.6 Å². The third kappa shape index (κ3) is 3.37. The Morgan fingerprint density at radius 1 is 1.39 bits per heavy atom. The molecule has 2 rings (SSSR count). The molecule has 6 heteroatoms. The highest BCUT2D eigenvalue weighted by molar-refractivity contribution is 7.92. The van der Waals surface area contributed by atoms with Gasteiger partial charge in [-0.15, -0.1) is 22.9 Å². The number of hydrogen-bond acceptors (Lipinski definition) is 3. The number of nitrogens with one attached hydrogen (secondary N) is 1. The number of rotatable bonds is 5. The zero-order chi connectivity index (χ0) is 13.2. The minimum atomic E-state index is -3.33. The Hall–Kier alpha value is -0.780. The molecule has 0 saturated heterocycles. The lowest BCUT2D eigenvalue weighted by atomic mass is 10.2. The first-order valence-corrected chi connectivity index (χ1v) is 8.60. The van der Waals surface area contributed by atoms with Crippen LogP contribution in [0.25, 0.3) is 10.1 Å². The van der Waals surface area contributed by atoms with E-state index in [4.69, 9.17) is 11.6 Å². The van der Waals surface area contributed by atoms with E-state index in [0.717, 1.165) is 10.1 Å². The van der Waals surface area contributed by atoms with E-state index in [0.29, 0.717) is 11.6 Å². The number of alkyl halides is 1. The third-order valence-corrected chi connectivity index (χ3v) is 5.47. The fraction of sp³-hybridized carbons (Fsp3) is 0.333. The van der Waals surface area contributed by atoms with Gasteiger partial charge in [-0.1, -0.05) is 6.92 Å². The first-order valence-electron chi connectivity index (χ1n) is 5.54. The van der Waals surface area contributed by atoms with Crippen molar-refractivity contribution >= 4 is 48.7 Å². The molecule has 0 aliphatic heterocycles. The van der Waals surface area contributed by atoms with Crippen molar-refractivity contribution in [1.82, 2.24) is 0 Å². The van der Waals surface area contributed by atoms with Gasteiger partial charge in [-0.05, 0) is 40.9 Å². The summed E-state index contributed by atoms with van der Waals surface area (Å²) in [6.07, 6.45) is 0. The Bertz CT molecular complexity index is 636. The Balaban J connectivity index is 2.17. The molecule has 1 heterocycles. The second-order valence-corrected chi connectivity index (χ2v) is 7.34. The Labute approximate surface area is 116 Å². The van der Waals surface area contributed by atoms with E-state index >= 15 is 0 Å². The van der Waals surface area contributed by atoms with Gasteiger partial charge < -0.3 is 0 Å². The van der Waals surface area contributed by atoms with Gasteiger partial charge in [0.25, 0.3) is 0 Å². The van der Waals surface area contributed by atoms with Crippen molar-refractivity contribution < 1.29 is 8.42 Å². The Kier molecular flexibility index (Phi) is 4.14. The molecule has 0 radical (unpaired) electrons. The smallest absolute Gasteiger partial charge is 0.233 e. The maximum atomic E-state index is 11.9. The average Bonchev–Trinajstić information content (AvgIpc) is 2.74. The molecule has 0 fully saturated rings. The summed E-state index contributed by atoms with van der Waals surface area (Å²) < 4.78 is 27.5. The number of benzene rings is 1. The van der Waals surface area contributed by atoms with E-state index in [-0.39, 0.29) is 11.7 Å². The topological polar surface area (TPSA) is 46.2 Å². The molecule has 1 aromatic carbocycles. The fourth-order valence-corrected chi connectivity index (χ4v) is 4.12. The molecule has 1 aromatic heterocycles. The van der Waals surface area contributed by atoms with Crippen LogP contribution in [0.4, 0.5) is 5.69 Å². The van der Waals surface area contributed by atoms with Gasteiger partial charge in [-0.25, -0.2) is 8.42 Å². The lowest BCUT2D eigenvalue weighted by Crippen LogP contribution is -2.22. The largest absolute Gasteiger partial charge is 0.284 e.